The van der Waals surface area contributed by atoms with E-state index in [1.54, 1.807) is 0 Å². The van der Waals surface area contributed by atoms with Gasteiger partial charge in [-0.05, 0) is 30.5 Å². The fourth-order valence-corrected chi connectivity index (χ4v) is 2.23. The molecule has 1 aromatic heterocycles. The maximum atomic E-state index is 5.55. The van der Waals surface area contributed by atoms with E-state index in [2.05, 4.69) is 31.3 Å². The van der Waals surface area contributed by atoms with Crippen molar-refractivity contribution in [1.29, 1.82) is 0 Å². The van der Waals surface area contributed by atoms with Crippen molar-refractivity contribution in [3.8, 4) is 0 Å². The van der Waals surface area contributed by atoms with Gasteiger partial charge in [0, 0.05) is 11.9 Å². The fraction of sp³-hybridized carbons (Fsp3) is 0.429. The summed E-state index contributed by atoms with van der Waals surface area (Å²) in [6, 6.07) is 8.22. The van der Waals surface area contributed by atoms with Gasteiger partial charge in [-0.15, -0.1) is 0 Å². The fourth-order valence-electron chi connectivity index (χ4n) is 2.23. The number of hydrogen-bond acceptors (Lipinski definition) is 2. The van der Waals surface area contributed by atoms with Crippen molar-refractivity contribution in [3.63, 3.8) is 0 Å². The summed E-state index contributed by atoms with van der Waals surface area (Å²) in [7, 11) is 2.00. The second kappa shape index (κ2) is 4.30. The number of para-hydroxylation sites is 1. The topological polar surface area (TPSA) is 25.2 Å². The van der Waals surface area contributed by atoms with Gasteiger partial charge < -0.3 is 9.73 Å². The van der Waals surface area contributed by atoms with Crippen molar-refractivity contribution in [2.75, 3.05) is 13.6 Å². The Labute approximate surface area is 96.6 Å². The molecular formula is C14H19NO. The zero-order valence-electron chi connectivity index (χ0n) is 10.2. The molecule has 2 aromatic rings. The van der Waals surface area contributed by atoms with Gasteiger partial charge in [-0.25, -0.2) is 0 Å². The Kier molecular flexibility index (Phi) is 3.01. The maximum absolute atomic E-state index is 5.55. The first-order chi connectivity index (χ1) is 7.62. The predicted octanol–water partition coefficient (Wildman–Crippen LogP) is 3.22. The van der Waals surface area contributed by atoms with Gasteiger partial charge in [0.05, 0.1) is 6.26 Å². The molecule has 0 bridgehead atoms. The molecule has 0 unspecified atom stereocenters. The molecule has 0 aliphatic rings. The average molecular weight is 217 g/mol. The van der Waals surface area contributed by atoms with Gasteiger partial charge in [0.25, 0.3) is 0 Å². The lowest BCUT2D eigenvalue weighted by Gasteiger charge is -2.23. The van der Waals surface area contributed by atoms with Crippen molar-refractivity contribution >= 4 is 11.0 Å². The normalized spacial score (nSPS) is 12.2. The van der Waals surface area contributed by atoms with Crippen LogP contribution in [0.3, 0.4) is 0 Å². The number of rotatable bonds is 4. The highest BCUT2D eigenvalue weighted by atomic mass is 16.3. The van der Waals surface area contributed by atoms with E-state index < -0.39 is 0 Å². The molecule has 0 spiro atoms. The SMILES string of the molecule is CNCC(C)(C)Cc1coc2ccccc12. The van der Waals surface area contributed by atoms with Crippen LogP contribution in [0, 0.1) is 5.41 Å². The smallest absolute Gasteiger partial charge is 0.134 e. The molecule has 1 aromatic carbocycles. The zero-order valence-corrected chi connectivity index (χ0v) is 10.2. The van der Waals surface area contributed by atoms with E-state index in [-0.39, 0.29) is 5.41 Å². The molecule has 0 atom stereocenters. The van der Waals surface area contributed by atoms with Crippen LogP contribution in [0.1, 0.15) is 19.4 Å². The van der Waals surface area contributed by atoms with Gasteiger partial charge in [0.1, 0.15) is 5.58 Å². The van der Waals surface area contributed by atoms with Gasteiger partial charge in [-0.2, -0.15) is 0 Å². The van der Waals surface area contributed by atoms with Crippen molar-refractivity contribution in [2.24, 2.45) is 5.41 Å². The first-order valence-electron chi connectivity index (χ1n) is 5.72. The van der Waals surface area contributed by atoms with Crippen molar-refractivity contribution in [2.45, 2.75) is 20.3 Å². The molecule has 0 fully saturated rings. The molecule has 1 N–H and O–H groups in total. The first-order valence-corrected chi connectivity index (χ1v) is 5.72. The summed E-state index contributed by atoms with van der Waals surface area (Å²) < 4.78 is 5.55. The van der Waals surface area contributed by atoms with Crippen LogP contribution in [0.5, 0.6) is 0 Å². The van der Waals surface area contributed by atoms with E-state index in [9.17, 15) is 0 Å². The number of fused-ring (bicyclic) bond motifs is 1. The van der Waals surface area contributed by atoms with Crippen LogP contribution in [0.2, 0.25) is 0 Å². The highest BCUT2D eigenvalue weighted by Crippen LogP contribution is 2.27. The standard InChI is InChI=1S/C14H19NO/c1-14(2,10-15-3)8-11-9-16-13-7-5-4-6-12(11)13/h4-7,9,15H,8,10H2,1-3H3. The first kappa shape index (κ1) is 11.2. The summed E-state index contributed by atoms with van der Waals surface area (Å²) in [4.78, 5) is 0. The Morgan fingerprint density at radius 2 is 2.00 bits per heavy atom. The second-order valence-electron chi connectivity index (χ2n) is 5.13. The quantitative estimate of drug-likeness (QED) is 0.850. The molecule has 0 amide bonds. The molecule has 0 aliphatic carbocycles. The third-order valence-electron chi connectivity index (χ3n) is 2.89. The Morgan fingerprint density at radius 1 is 1.25 bits per heavy atom. The monoisotopic (exact) mass is 217 g/mol. The summed E-state index contributed by atoms with van der Waals surface area (Å²) in [6.45, 7) is 5.54. The van der Waals surface area contributed by atoms with E-state index in [0.717, 1.165) is 18.5 Å². The maximum Gasteiger partial charge on any atom is 0.134 e. The van der Waals surface area contributed by atoms with E-state index in [0.29, 0.717) is 0 Å². The highest BCUT2D eigenvalue weighted by Gasteiger charge is 2.19. The van der Waals surface area contributed by atoms with Crippen molar-refractivity contribution in [3.05, 3.63) is 36.1 Å². The number of furan rings is 1. The van der Waals surface area contributed by atoms with E-state index >= 15 is 0 Å². The molecule has 0 aliphatic heterocycles. The van der Waals surface area contributed by atoms with Gasteiger partial charge in [0.15, 0.2) is 0 Å². The largest absolute Gasteiger partial charge is 0.464 e. The Morgan fingerprint density at radius 3 is 2.75 bits per heavy atom. The van der Waals surface area contributed by atoms with Gasteiger partial charge in [-0.1, -0.05) is 32.0 Å². The van der Waals surface area contributed by atoms with Crippen LogP contribution in [0.15, 0.2) is 34.9 Å². The Balaban J connectivity index is 2.27. The summed E-state index contributed by atoms with van der Waals surface area (Å²) in [6.07, 6.45) is 2.92. The number of nitrogens with one attached hydrogen (secondary N) is 1. The molecule has 86 valence electrons. The minimum atomic E-state index is 0.251. The molecule has 0 saturated carbocycles. The molecule has 16 heavy (non-hydrogen) atoms. The summed E-state index contributed by atoms with van der Waals surface area (Å²) in [5.41, 5.74) is 2.54. The molecule has 1 heterocycles. The molecule has 2 heteroatoms. The van der Waals surface area contributed by atoms with E-state index in [1.165, 1.54) is 10.9 Å². The van der Waals surface area contributed by atoms with E-state index in [4.69, 9.17) is 4.42 Å². The van der Waals surface area contributed by atoms with Gasteiger partial charge >= 0.3 is 0 Å². The predicted molar refractivity (Wildman–Crippen MR) is 67.6 cm³/mol. The lowest BCUT2D eigenvalue weighted by molar-refractivity contribution is 0.349. The zero-order chi connectivity index (χ0) is 11.6. The van der Waals surface area contributed by atoms with Gasteiger partial charge in [-0.3, -0.25) is 0 Å². The van der Waals surface area contributed by atoms with Crippen molar-refractivity contribution in [1.82, 2.24) is 5.32 Å². The second-order valence-corrected chi connectivity index (χ2v) is 5.13. The average Bonchev–Trinajstić information content (AvgIpc) is 2.61. The molecule has 2 rings (SSSR count). The molecule has 0 radical (unpaired) electrons. The summed E-state index contributed by atoms with van der Waals surface area (Å²) >= 11 is 0. The minimum Gasteiger partial charge on any atom is -0.464 e. The highest BCUT2D eigenvalue weighted by molar-refractivity contribution is 5.80. The third kappa shape index (κ3) is 2.27. The lowest BCUT2D eigenvalue weighted by Crippen LogP contribution is -2.28. The van der Waals surface area contributed by atoms with Crippen LogP contribution >= 0.6 is 0 Å². The van der Waals surface area contributed by atoms with Crippen LogP contribution in [0.25, 0.3) is 11.0 Å². The van der Waals surface area contributed by atoms with Gasteiger partial charge in [0.2, 0.25) is 0 Å². The molecular weight excluding hydrogens is 198 g/mol. The summed E-state index contributed by atoms with van der Waals surface area (Å²) in [5, 5.41) is 4.48. The summed E-state index contributed by atoms with van der Waals surface area (Å²) in [5.74, 6) is 0. The Bertz CT molecular complexity index is 470. The Hall–Kier alpha value is -1.28. The number of benzene rings is 1. The molecule has 0 saturated heterocycles. The van der Waals surface area contributed by atoms with Crippen LogP contribution in [-0.4, -0.2) is 13.6 Å². The van der Waals surface area contributed by atoms with Crippen molar-refractivity contribution < 1.29 is 4.42 Å². The lowest BCUT2D eigenvalue weighted by atomic mass is 9.85. The van der Waals surface area contributed by atoms with Crippen LogP contribution in [-0.2, 0) is 6.42 Å². The van der Waals surface area contributed by atoms with Crippen LogP contribution < -0.4 is 5.32 Å². The number of hydrogen-bond donors (Lipinski definition) is 1. The van der Waals surface area contributed by atoms with Crippen LogP contribution in [0.4, 0.5) is 0 Å². The molecule has 2 nitrogen and oxygen atoms in total. The minimum absolute atomic E-state index is 0.251. The third-order valence-corrected chi connectivity index (χ3v) is 2.89. The van der Waals surface area contributed by atoms with E-state index in [1.807, 2.05) is 25.4 Å².